The number of carbonyl (C=O) groups is 3. The van der Waals surface area contributed by atoms with Gasteiger partial charge in [0.2, 0.25) is 11.8 Å². The summed E-state index contributed by atoms with van der Waals surface area (Å²) in [6, 6.07) is 7.07. The molecular weight excluding hydrogens is 334 g/mol. The quantitative estimate of drug-likeness (QED) is 0.679. The van der Waals surface area contributed by atoms with E-state index in [0.717, 1.165) is 11.1 Å². The van der Waals surface area contributed by atoms with E-state index in [1.54, 1.807) is 45.0 Å². The Balaban J connectivity index is 2.42. The van der Waals surface area contributed by atoms with Crippen molar-refractivity contribution in [1.29, 1.82) is 0 Å². The van der Waals surface area contributed by atoms with E-state index in [9.17, 15) is 14.4 Å². The number of benzene rings is 1. The van der Waals surface area contributed by atoms with Gasteiger partial charge in [-0.15, -0.1) is 0 Å². The van der Waals surface area contributed by atoms with Gasteiger partial charge in [0.15, 0.2) is 0 Å². The summed E-state index contributed by atoms with van der Waals surface area (Å²) in [4.78, 5) is 34.9. The summed E-state index contributed by atoms with van der Waals surface area (Å²) in [6.45, 7) is 9.17. The fourth-order valence-corrected chi connectivity index (χ4v) is 1.88. The van der Waals surface area contributed by atoms with Crippen LogP contribution in [0, 0.1) is 0 Å². The van der Waals surface area contributed by atoms with Crippen LogP contribution in [0.4, 0.5) is 10.5 Å². The highest BCUT2D eigenvalue weighted by Gasteiger charge is 2.16. The Morgan fingerprint density at radius 2 is 1.65 bits per heavy atom. The number of alkyl carbamates (subject to hydrolysis) is 1. The summed E-state index contributed by atoms with van der Waals surface area (Å²) >= 11 is 0. The van der Waals surface area contributed by atoms with Gasteiger partial charge in [-0.2, -0.15) is 0 Å². The maximum atomic E-state index is 11.8. The Morgan fingerprint density at radius 3 is 2.19 bits per heavy atom. The van der Waals surface area contributed by atoms with Crippen molar-refractivity contribution in [3.05, 3.63) is 41.5 Å². The topological polar surface area (TPSA) is 96.5 Å². The lowest BCUT2D eigenvalue weighted by Gasteiger charge is -2.19. The molecule has 3 N–H and O–H groups in total. The average molecular weight is 361 g/mol. The van der Waals surface area contributed by atoms with Crippen molar-refractivity contribution in [3.8, 4) is 0 Å². The van der Waals surface area contributed by atoms with Gasteiger partial charge in [-0.1, -0.05) is 17.7 Å². The van der Waals surface area contributed by atoms with Crippen LogP contribution in [0.25, 0.3) is 0 Å². The first-order valence-electron chi connectivity index (χ1n) is 8.33. The van der Waals surface area contributed by atoms with Gasteiger partial charge in [0.05, 0.1) is 0 Å². The van der Waals surface area contributed by atoms with Crippen LogP contribution in [0.15, 0.2) is 35.9 Å². The third-order valence-electron chi connectivity index (χ3n) is 2.92. The van der Waals surface area contributed by atoms with E-state index in [2.05, 4.69) is 16.0 Å². The molecule has 0 bridgehead atoms. The van der Waals surface area contributed by atoms with Crippen LogP contribution in [0.2, 0.25) is 0 Å². The van der Waals surface area contributed by atoms with Gasteiger partial charge in [0, 0.05) is 18.3 Å². The van der Waals surface area contributed by atoms with Crippen molar-refractivity contribution >= 4 is 23.6 Å². The largest absolute Gasteiger partial charge is 0.444 e. The molecule has 26 heavy (non-hydrogen) atoms. The predicted octanol–water partition coefficient (Wildman–Crippen LogP) is 2.73. The van der Waals surface area contributed by atoms with Crippen LogP contribution in [-0.4, -0.2) is 30.1 Å². The van der Waals surface area contributed by atoms with Gasteiger partial charge in [-0.05, 0) is 52.3 Å². The van der Waals surface area contributed by atoms with Crippen molar-refractivity contribution in [2.45, 2.75) is 46.8 Å². The van der Waals surface area contributed by atoms with Crippen molar-refractivity contribution in [1.82, 2.24) is 10.6 Å². The molecule has 0 fully saturated rings. The van der Waals surface area contributed by atoms with Crippen molar-refractivity contribution < 1.29 is 19.1 Å². The first-order chi connectivity index (χ1) is 12.0. The summed E-state index contributed by atoms with van der Waals surface area (Å²) in [7, 11) is 0. The number of ether oxygens (including phenoxy) is 1. The highest BCUT2D eigenvalue weighted by molar-refractivity contribution is 5.93. The molecule has 1 aromatic carbocycles. The Labute approximate surface area is 154 Å². The molecule has 0 aliphatic carbocycles. The molecule has 0 unspecified atom stereocenters. The second-order valence-corrected chi connectivity index (χ2v) is 7.04. The van der Waals surface area contributed by atoms with Crippen molar-refractivity contribution in [2.24, 2.45) is 0 Å². The summed E-state index contributed by atoms with van der Waals surface area (Å²) < 4.78 is 5.06. The van der Waals surface area contributed by atoms with E-state index in [4.69, 9.17) is 4.74 Å². The molecule has 142 valence electrons. The van der Waals surface area contributed by atoms with Crippen LogP contribution in [0.1, 0.15) is 40.2 Å². The molecular formula is C19H27N3O4. The molecule has 3 amide bonds. The molecule has 7 heteroatoms. The third-order valence-corrected chi connectivity index (χ3v) is 2.92. The first-order valence-corrected chi connectivity index (χ1v) is 8.33. The Kier molecular flexibility index (Phi) is 7.83. The van der Waals surface area contributed by atoms with Gasteiger partial charge in [0.25, 0.3) is 0 Å². The standard InChI is InChI=1S/C19H27N3O4/c1-13(2)10-16(23)20-11-14-6-8-15(9-7-14)22-17(24)12-21-18(25)26-19(3,4)5/h6-10H,11-12H2,1-5H3,(H,20,23)(H,21,25)(H,22,24). The van der Waals surface area contributed by atoms with E-state index in [1.807, 2.05) is 13.8 Å². The van der Waals surface area contributed by atoms with Crippen LogP contribution < -0.4 is 16.0 Å². The van der Waals surface area contributed by atoms with Crippen LogP contribution >= 0.6 is 0 Å². The number of hydrogen-bond acceptors (Lipinski definition) is 4. The zero-order valence-electron chi connectivity index (χ0n) is 15.9. The van der Waals surface area contributed by atoms with Gasteiger partial charge < -0.3 is 20.7 Å². The molecule has 0 saturated carbocycles. The minimum absolute atomic E-state index is 0.143. The number of anilines is 1. The first kappa shape index (κ1) is 21.2. The van der Waals surface area contributed by atoms with Crippen LogP contribution in [0.5, 0.6) is 0 Å². The molecule has 0 aliphatic rings. The molecule has 0 radical (unpaired) electrons. The predicted molar refractivity (Wildman–Crippen MR) is 101 cm³/mol. The number of carbonyl (C=O) groups excluding carboxylic acids is 3. The highest BCUT2D eigenvalue weighted by Crippen LogP contribution is 2.09. The lowest BCUT2D eigenvalue weighted by molar-refractivity contribution is -0.117. The van der Waals surface area contributed by atoms with Gasteiger partial charge >= 0.3 is 6.09 Å². The van der Waals surface area contributed by atoms with E-state index in [1.165, 1.54) is 6.08 Å². The molecule has 0 spiro atoms. The second-order valence-electron chi connectivity index (χ2n) is 7.04. The van der Waals surface area contributed by atoms with Crippen molar-refractivity contribution in [3.63, 3.8) is 0 Å². The molecule has 7 nitrogen and oxygen atoms in total. The number of allylic oxidation sites excluding steroid dienone is 1. The maximum Gasteiger partial charge on any atom is 0.408 e. The Morgan fingerprint density at radius 1 is 1.04 bits per heavy atom. The number of amides is 3. The van der Waals surface area contributed by atoms with E-state index >= 15 is 0 Å². The molecule has 0 aliphatic heterocycles. The number of nitrogens with one attached hydrogen (secondary N) is 3. The normalized spacial score (nSPS) is 10.5. The zero-order chi connectivity index (χ0) is 19.7. The molecule has 0 saturated heterocycles. The average Bonchev–Trinajstić information content (AvgIpc) is 2.50. The lowest BCUT2D eigenvalue weighted by atomic mass is 10.2. The third kappa shape index (κ3) is 9.46. The molecule has 1 rings (SSSR count). The minimum atomic E-state index is -0.643. The Bertz CT molecular complexity index is 669. The summed E-state index contributed by atoms with van der Waals surface area (Å²) in [5.74, 6) is -0.504. The number of hydrogen-bond donors (Lipinski definition) is 3. The Hall–Kier alpha value is -2.83. The van der Waals surface area contributed by atoms with Gasteiger partial charge in [0.1, 0.15) is 12.1 Å². The SMILES string of the molecule is CC(C)=CC(=O)NCc1ccc(NC(=O)CNC(=O)OC(C)(C)C)cc1. The fraction of sp³-hybridized carbons (Fsp3) is 0.421. The molecule has 0 heterocycles. The van der Waals surface area contributed by atoms with Crippen LogP contribution in [0.3, 0.4) is 0 Å². The van der Waals surface area contributed by atoms with E-state index in [0.29, 0.717) is 12.2 Å². The monoisotopic (exact) mass is 361 g/mol. The van der Waals surface area contributed by atoms with E-state index < -0.39 is 11.7 Å². The lowest BCUT2D eigenvalue weighted by Crippen LogP contribution is -2.37. The van der Waals surface area contributed by atoms with Crippen LogP contribution in [-0.2, 0) is 20.9 Å². The zero-order valence-corrected chi connectivity index (χ0v) is 15.9. The highest BCUT2D eigenvalue weighted by atomic mass is 16.6. The van der Waals surface area contributed by atoms with Gasteiger partial charge in [-0.25, -0.2) is 4.79 Å². The van der Waals surface area contributed by atoms with E-state index in [-0.39, 0.29) is 18.4 Å². The second kappa shape index (κ2) is 9.60. The fourth-order valence-electron chi connectivity index (χ4n) is 1.88. The molecule has 0 aromatic heterocycles. The summed E-state index contributed by atoms with van der Waals surface area (Å²) in [5.41, 5.74) is 1.82. The summed E-state index contributed by atoms with van der Waals surface area (Å²) in [6.07, 6.45) is 0.891. The summed E-state index contributed by atoms with van der Waals surface area (Å²) in [5, 5.41) is 7.84. The number of rotatable bonds is 6. The molecule has 0 atom stereocenters. The maximum absolute atomic E-state index is 11.8. The minimum Gasteiger partial charge on any atom is -0.444 e. The van der Waals surface area contributed by atoms with Crippen molar-refractivity contribution in [2.75, 3.05) is 11.9 Å². The van der Waals surface area contributed by atoms with Gasteiger partial charge in [-0.3, -0.25) is 9.59 Å². The molecule has 1 aromatic rings. The smallest absolute Gasteiger partial charge is 0.408 e.